The van der Waals surface area contributed by atoms with E-state index < -0.39 is 11.5 Å². The van der Waals surface area contributed by atoms with Crippen LogP contribution in [0.3, 0.4) is 0 Å². The van der Waals surface area contributed by atoms with E-state index in [1.807, 2.05) is 13.8 Å². The average molecular weight is 243 g/mol. The molecule has 0 aromatic rings. The number of hydrogen-bond donors (Lipinski definition) is 2. The first-order valence-corrected chi connectivity index (χ1v) is 5.76. The third-order valence-corrected chi connectivity index (χ3v) is 3.33. The summed E-state index contributed by atoms with van der Waals surface area (Å²) < 4.78 is 0. The molecule has 6 nitrogen and oxygen atoms in total. The van der Waals surface area contributed by atoms with E-state index in [-0.39, 0.29) is 25.0 Å². The summed E-state index contributed by atoms with van der Waals surface area (Å²) >= 11 is 0. The van der Waals surface area contributed by atoms with Crippen LogP contribution in [0.2, 0.25) is 0 Å². The van der Waals surface area contributed by atoms with Crippen molar-refractivity contribution in [1.82, 2.24) is 9.80 Å². The number of likely N-dealkylation sites (tertiary alicyclic amines) is 1. The Bertz CT molecular complexity index is 319. The predicted octanol–water partition coefficient (Wildman–Crippen LogP) is -0.659. The highest BCUT2D eigenvalue weighted by molar-refractivity contribution is 5.81. The van der Waals surface area contributed by atoms with Crippen LogP contribution in [0.25, 0.3) is 0 Å². The summed E-state index contributed by atoms with van der Waals surface area (Å²) in [5.41, 5.74) is 4.54. The van der Waals surface area contributed by atoms with Gasteiger partial charge in [0.2, 0.25) is 5.91 Å². The summed E-state index contributed by atoms with van der Waals surface area (Å²) in [5, 5.41) is 8.97. The van der Waals surface area contributed by atoms with E-state index in [2.05, 4.69) is 0 Å². The second kappa shape index (κ2) is 5.01. The molecule has 0 spiro atoms. The Kier molecular flexibility index (Phi) is 4.11. The molecule has 98 valence electrons. The Hall–Kier alpha value is -1.14. The normalized spacial score (nSPS) is 25.2. The fourth-order valence-electron chi connectivity index (χ4n) is 1.82. The van der Waals surface area contributed by atoms with Crippen LogP contribution in [0, 0.1) is 0 Å². The number of rotatable bonds is 4. The van der Waals surface area contributed by atoms with Crippen molar-refractivity contribution in [3.8, 4) is 0 Å². The average Bonchev–Trinajstić information content (AvgIpc) is 2.60. The molecule has 0 aromatic carbocycles. The SMILES string of the molecule is CC(C)N(C)C(=O)CN1CCC(N)(C(=O)O)C1. The molecule has 17 heavy (non-hydrogen) atoms. The third kappa shape index (κ3) is 3.17. The molecule has 1 rings (SSSR count). The molecule has 1 aliphatic rings. The van der Waals surface area contributed by atoms with Crippen LogP contribution in [-0.2, 0) is 9.59 Å². The van der Waals surface area contributed by atoms with E-state index >= 15 is 0 Å². The molecule has 1 amide bonds. The van der Waals surface area contributed by atoms with Crippen LogP contribution in [-0.4, -0.2) is 65.0 Å². The fraction of sp³-hybridized carbons (Fsp3) is 0.818. The third-order valence-electron chi connectivity index (χ3n) is 3.33. The van der Waals surface area contributed by atoms with Crippen LogP contribution >= 0.6 is 0 Å². The molecule has 0 bridgehead atoms. The topological polar surface area (TPSA) is 86.9 Å². The lowest BCUT2D eigenvalue weighted by molar-refractivity contribution is -0.143. The highest BCUT2D eigenvalue weighted by Crippen LogP contribution is 2.18. The molecule has 1 saturated heterocycles. The quantitative estimate of drug-likeness (QED) is 0.684. The highest BCUT2D eigenvalue weighted by Gasteiger charge is 2.41. The number of carboxylic acid groups (broad SMARTS) is 1. The summed E-state index contributed by atoms with van der Waals surface area (Å²) in [7, 11) is 1.75. The van der Waals surface area contributed by atoms with Crippen LogP contribution in [0.1, 0.15) is 20.3 Å². The van der Waals surface area contributed by atoms with Crippen LogP contribution < -0.4 is 5.73 Å². The molecule has 1 fully saturated rings. The number of carbonyl (C=O) groups is 2. The maximum absolute atomic E-state index is 11.8. The van der Waals surface area contributed by atoms with E-state index in [1.165, 1.54) is 0 Å². The number of hydrogen-bond acceptors (Lipinski definition) is 4. The van der Waals surface area contributed by atoms with Gasteiger partial charge >= 0.3 is 5.97 Å². The van der Waals surface area contributed by atoms with Crippen LogP contribution in [0.4, 0.5) is 0 Å². The van der Waals surface area contributed by atoms with Gasteiger partial charge in [-0.25, -0.2) is 0 Å². The second-order valence-electron chi connectivity index (χ2n) is 5.02. The number of carbonyl (C=O) groups excluding carboxylic acids is 1. The van der Waals surface area contributed by atoms with Gasteiger partial charge in [0.05, 0.1) is 6.54 Å². The molecule has 0 aromatic heterocycles. The van der Waals surface area contributed by atoms with E-state index in [4.69, 9.17) is 10.8 Å². The Morgan fingerprint density at radius 3 is 2.53 bits per heavy atom. The summed E-state index contributed by atoms with van der Waals surface area (Å²) in [4.78, 5) is 26.2. The lowest BCUT2D eigenvalue weighted by Crippen LogP contribution is -2.51. The van der Waals surface area contributed by atoms with Gasteiger partial charge in [0, 0.05) is 26.2 Å². The Morgan fingerprint density at radius 1 is 1.53 bits per heavy atom. The van der Waals surface area contributed by atoms with Crippen molar-refractivity contribution in [3.63, 3.8) is 0 Å². The molecule has 1 heterocycles. The van der Waals surface area contributed by atoms with Crippen molar-refractivity contribution in [1.29, 1.82) is 0 Å². The van der Waals surface area contributed by atoms with Gasteiger partial charge < -0.3 is 15.7 Å². The molecule has 1 atom stereocenters. The highest BCUT2D eigenvalue weighted by atomic mass is 16.4. The number of likely N-dealkylation sites (N-methyl/N-ethyl adjacent to an activating group) is 1. The lowest BCUT2D eigenvalue weighted by Gasteiger charge is -2.25. The maximum Gasteiger partial charge on any atom is 0.325 e. The zero-order valence-corrected chi connectivity index (χ0v) is 10.6. The van der Waals surface area contributed by atoms with Gasteiger partial charge in [-0.1, -0.05) is 0 Å². The minimum absolute atomic E-state index is 0.00496. The molecule has 1 aliphatic heterocycles. The van der Waals surface area contributed by atoms with Crippen molar-refractivity contribution in [3.05, 3.63) is 0 Å². The van der Waals surface area contributed by atoms with Crippen molar-refractivity contribution in [2.24, 2.45) is 5.73 Å². The molecular weight excluding hydrogens is 222 g/mol. The molecule has 1 unspecified atom stereocenters. The lowest BCUT2D eigenvalue weighted by atomic mass is 10.0. The zero-order valence-electron chi connectivity index (χ0n) is 10.6. The molecule has 0 aliphatic carbocycles. The van der Waals surface area contributed by atoms with Gasteiger partial charge in [-0.3, -0.25) is 14.5 Å². The first kappa shape index (κ1) is 13.9. The van der Waals surface area contributed by atoms with Crippen LogP contribution in [0.15, 0.2) is 0 Å². The Morgan fingerprint density at radius 2 is 2.12 bits per heavy atom. The van der Waals surface area contributed by atoms with Gasteiger partial charge in [0.1, 0.15) is 5.54 Å². The number of nitrogens with zero attached hydrogens (tertiary/aromatic N) is 2. The van der Waals surface area contributed by atoms with Crippen molar-refractivity contribution in [2.45, 2.75) is 31.8 Å². The summed E-state index contributed by atoms with van der Waals surface area (Å²) in [6.45, 7) is 4.90. The van der Waals surface area contributed by atoms with Gasteiger partial charge in [-0.05, 0) is 20.3 Å². The van der Waals surface area contributed by atoms with Crippen molar-refractivity contribution >= 4 is 11.9 Å². The minimum atomic E-state index is -1.20. The van der Waals surface area contributed by atoms with E-state index in [0.717, 1.165) is 0 Å². The van der Waals surface area contributed by atoms with Gasteiger partial charge in [-0.2, -0.15) is 0 Å². The molecule has 3 N–H and O–H groups in total. The summed E-state index contributed by atoms with van der Waals surface area (Å²) in [6, 6.07) is 0.146. The zero-order chi connectivity index (χ0) is 13.2. The predicted molar refractivity (Wildman–Crippen MR) is 63.5 cm³/mol. The smallest absolute Gasteiger partial charge is 0.325 e. The van der Waals surface area contributed by atoms with E-state index in [0.29, 0.717) is 13.0 Å². The van der Waals surface area contributed by atoms with Gasteiger partial charge in [-0.15, -0.1) is 0 Å². The van der Waals surface area contributed by atoms with Crippen molar-refractivity contribution in [2.75, 3.05) is 26.7 Å². The largest absolute Gasteiger partial charge is 0.480 e. The van der Waals surface area contributed by atoms with Crippen LogP contribution in [0.5, 0.6) is 0 Å². The van der Waals surface area contributed by atoms with E-state index in [1.54, 1.807) is 16.8 Å². The van der Waals surface area contributed by atoms with Crippen molar-refractivity contribution < 1.29 is 14.7 Å². The second-order valence-corrected chi connectivity index (χ2v) is 5.02. The van der Waals surface area contributed by atoms with Gasteiger partial charge in [0.15, 0.2) is 0 Å². The number of amides is 1. The van der Waals surface area contributed by atoms with E-state index in [9.17, 15) is 9.59 Å². The first-order chi connectivity index (χ1) is 7.76. The molecular formula is C11H21N3O3. The standard InChI is InChI=1S/C11H21N3O3/c1-8(2)13(3)9(15)6-14-5-4-11(12,7-14)10(16)17/h8H,4-7,12H2,1-3H3,(H,16,17). The minimum Gasteiger partial charge on any atom is -0.480 e. The Labute approximate surface area is 101 Å². The number of aliphatic carboxylic acids is 1. The molecule has 0 saturated carbocycles. The molecule has 6 heteroatoms. The monoisotopic (exact) mass is 243 g/mol. The number of carboxylic acids is 1. The fourth-order valence-corrected chi connectivity index (χ4v) is 1.82. The summed E-state index contributed by atoms with van der Waals surface area (Å²) in [5.74, 6) is -1.00. The molecule has 0 radical (unpaired) electrons. The first-order valence-electron chi connectivity index (χ1n) is 5.76. The number of nitrogens with two attached hydrogens (primary N) is 1. The summed E-state index contributed by atoms with van der Waals surface area (Å²) in [6.07, 6.45) is 0.390. The maximum atomic E-state index is 11.8. The Balaban J connectivity index is 2.51. The van der Waals surface area contributed by atoms with Gasteiger partial charge in [0.25, 0.3) is 0 Å².